The number of rotatable bonds is 2. The summed E-state index contributed by atoms with van der Waals surface area (Å²) >= 11 is 0. The summed E-state index contributed by atoms with van der Waals surface area (Å²) in [6, 6.07) is 3.16. The molecule has 17 heavy (non-hydrogen) atoms. The summed E-state index contributed by atoms with van der Waals surface area (Å²) in [5, 5.41) is 0. The average molecular weight is 255 g/mol. The van der Waals surface area contributed by atoms with Gasteiger partial charge in [-0.05, 0) is 31.5 Å². The number of aryl methyl sites for hydroxylation is 1. The first-order chi connectivity index (χ1) is 7.86. The molecule has 0 saturated carbocycles. The maximum absolute atomic E-state index is 11.8. The summed E-state index contributed by atoms with van der Waals surface area (Å²) in [5.74, 6) is -0.136. The standard InChI is InChI=1S/C10H13N3O3S/c1-3-17(15,16)13-9-4-6(2)7(11)5-8(9)12-10(13)14/h4-5H,3,11H2,1-2H3,(H,12,14). The van der Waals surface area contributed by atoms with Crippen LogP contribution in [0.1, 0.15) is 12.5 Å². The van der Waals surface area contributed by atoms with Crippen LogP contribution in [0.2, 0.25) is 0 Å². The zero-order valence-corrected chi connectivity index (χ0v) is 10.3. The molecule has 92 valence electrons. The van der Waals surface area contributed by atoms with Crippen LogP contribution in [0.3, 0.4) is 0 Å². The molecule has 0 fully saturated rings. The molecule has 7 heteroatoms. The van der Waals surface area contributed by atoms with Crippen molar-refractivity contribution in [1.82, 2.24) is 8.96 Å². The highest BCUT2D eigenvalue weighted by Gasteiger charge is 2.18. The van der Waals surface area contributed by atoms with E-state index in [1.807, 2.05) is 0 Å². The molecule has 2 aromatic rings. The molecule has 1 heterocycles. The fraction of sp³-hybridized carbons (Fsp3) is 0.300. The highest BCUT2D eigenvalue weighted by Crippen LogP contribution is 2.19. The van der Waals surface area contributed by atoms with Gasteiger partial charge in [0.2, 0.25) is 10.0 Å². The summed E-state index contributed by atoms with van der Waals surface area (Å²) in [5.41, 5.74) is 7.06. The van der Waals surface area contributed by atoms with Gasteiger partial charge in [-0.1, -0.05) is 0 Å². The second kappa shape index (κ2) is 3.63. The summed E-state index contributed by atoms with van der Waals surface area (Å²) in [7, 11) is -3.61. The molecule has 0 spiro atoms. The van der Waals surface area contributed by atoms with E-state index < -0.39 is 15.7 Å². The van der Waals surface area contributed by atoms with Crippen molar-refractivity contribution in [2.75, 3.05) is 11.5 Å². The molecular formula is C10H13N3O3S. The minimum Gasteiger partial charge on any atom is -0.398 e. The zero-order chi connectivity index (χ0) is 12.8. The third-order valence-electron chi connectivity index (χ3n) is 2.67. The Morgan fingerprint density at radius 1 is 1.41 bits per heavy atom. The molecule has 3 N–H and O–H groups in total. The number of fused-ring (bicyclic) bond motifs is 1. The molecular weight excluding hydrogens is 242 g/mol. The van der Waals surface area contributed by atoms with Crippen LogP contribution in [0, 0.1) is 6.92 Å². The fourth-order valence-corrected chi connectivity index (χ4v) is 2.67. The van der Waals surface area contributed by atoms with Gasteiger partial charge in [-0.2, -0.15) is 3.97 Å². The first-order valence-electron chi connectivity index (χ1n) is 5.11. The molecule has 0 radical (unpaired) electrons. The summed E-state index contributed by atoms with van der Waals surface area (Å²) in [6.45, 7) is 3.25. The van der Waals surface area contributed by atoms with E-state index in [0.29, 0.717) is 16.7 Å². The molecule has 0 aliphatic carbocycles. The lowest BCUT2D eigenvalue weighted by Gasteiger charge is -2.04. The van der Waals surface area contributed by atoms with E-state index >= 15 is 0 Å². The van der Waals surface area contributed by atoms with Crippen LogP contribution < -0.4 is 11.4 Å². The van der Waals surface area contributed by atoms with E-state index in [4.69, 9.17) is 5.73 Å². The number of anilines is 1. The molecule has 1 aromatic carbocycles. The second-order valence-electron chi connectivity index (χ2n) is 3.82. The summed E-state index contributed by atoms with van der Waals surface area (Å²) < 4.78 is 24.4. The van der Waals surface area contributed by atoms with E-state index in [9.17, 15) is 13.2 Å². The number of nitrogens with one attached hydrogen (secondary N) is 1. The Balaban J connectivity index is 2.95. The number of hydrogen-bond acceptors (Lipinski definition) is 4. The minimum absolute atomic E-state index is 0.136. The van der Waals surface area contributed by atoms with Gasteiger partial charge in [0.15, 0.2) is 0 Å². The third-order valence-corrected chi connectivity index (χ3v) is 4.32. The van der Waals surface area contributed by atoms with Crippen molar-refractivity contribution in [3.05, 3.63) is 28.2 Å². The molecule has 0 atom stereocenters. The predicted octanol–water partition coefficient (Wildman–Crippen LogP) is 0.418. The maximum Gasteiger partial charge on any atom is 0.340 e. The largest absolute Gasteiger partial charge is 0.398 e. The highest BCUT2D eigenvalue weighted by molar-refractivity contribution is 7.90. The molecule has 0 saturated heterocycles. The van der Waals surface area contributed by atoms with Crippen molar-refractivity contribution in [2.45, 2.75) is 13.8 Å². The highest BCUT2D eigenvalue weighted by atomic mass is 32.2. The van der Waals surface area contributed by atoms with E-state index in [1.54, 1.807) is 19.1 Å². The Labute approximate surface area is 98.1 Å². The van der Waals surface area contributed by atoms with E-state index in [0.717, 1.165) is 9.54 Å². The molecule has 0 aliphatic rings. The lowest BCUT2D eigenvalue weighted by atomic mass is 10.2. The van der Waals surface area contributed by atoms with Gasteiger partial charge in [0, 0.05) is 5.69 Å². The number of nitrogen functional groups attached to an aromatic ring is 1. The Bertz CT molecular complexity index is 740. The van der Waals surface area contributed by atoms with Crippen LogP contribution in [0.15, 0.2) is 16.9 Å². The van der Waals surface area contributed by atoms with E-state index in [1.165, 1.54) is 6.92 Å². The Morgan fingerprint density at radius 2 is 2.06 bits per heavy atom. The normalized spacial score (nSPS) is 12.1. The molecule has 0 unspecified atom stereocenters. The van der Waals surface area contributed by atoms with Gasteiger partial charge >= 0.3 is 5.69 Å². The van der Waals surface area contributed by atoms with Crippen LogP contribution in [0.5, 0.6) is 0 Å². The maximum atomic E-state index is 11.8. The molecule has 2 rings (SSSR count). The fourth-order valence-electron chi connectivity index (χ4n) is 1.66. The second-order valence-corrected chi connectivity index (χ2v) is 5.93. The van der Waals surface area contributed by atoms with Crippen LogP contribution >= 0.6 is 0 Å². The first kappa shape index (κ1) is 11.7. The number of H-pyrrole nitrogens is 1. The Kier molecular flexibility index (Phi) is 2.50. The summed E-state index contributed by atoms with van der Waals surface area (Å²) in [4.78, 5) is 14.1. The Hall–Kier alpha value is -1.76. The third kappa shape index (κ3) is 1.72. The number of aromatic amines is 1. The van der Waals surface area contributed by atoms with Gasteiger partial charge < -0.3 is 10.7 Å². The summed E-state index contributed by atoms with van der Waals surface area (Å²) in [6.07, 6.45) is 0. The number of imidazole rings is 1. The van der Waals surface area contributed by atoms with Crippen molar-refractivity contribution < 1.29 is 8.42 Å². The van der Waals surface area contributed by atoms with Crippen molar-refractivity contribution in [3.8, 4) is 0 Å². The Morgan fingerprint density at radius 3 is 2.65 bits per heavy atom. The van der Waals surface area contributed by atoms with Gasteiger partial charge in [-0.15, -0.1) is 0 Å². The lowest BCUT2D eigenvalue weighted by molar-refractivity contribution is 0.588. The van der Waals surface area contributed by atoms with Crippen molar-refractivity contribution in [3.63, 3.8) is 0 Å². The number of nitrogens with two attached hydrogens (primary N) is 1. The van der Waals surface area contributed by atoms with Gasteiger partial charge in [0.05, 0.1) is 16.8 Å². The first-order valence-corrected chi connectivity index (χ1v) is 6.72. The topological polar surface area (TPSA) is 98.0 Å². The predicted molar refractivity (Wildman–Crippen MR) is 66.6 cm³/mol. The van der Waals surface area contributed by atoms with Crippen LogP contribution in [0.4, 0.5) is 5.69 Å². The average Bonchev–Trinajstić information content (AvgIpc) is 2.55. The van der Waals surface area contributed by atoms with Crippen LogP contribution in [-0.4, -0.2) is 23.1 Å². The van der Waals surface area contributed by atoms with E-state index in [2.05, 4.69) is 4.98 Å². The van der Waals surface area contributed by atoms with Crippen molar-refractivity contribution in [2.24, 2.45) is 0 Å². The molecule has 0 amide bonds. The quantitative estimate of drug-likeness (QED) is 0.760. The number of hydrogen-bond donors (Lipinski definition) is 2. The number of benzene rings is 1. The molecule has 0 aliphatic heterocycles. The van der Waals surface area contributed by atoms with Gasteiger partial charge in [-0.3, -0.25) is 0 Å². The van der Waals surface area contributed by atoms with Gasteiger partial charge in [0.1, 0.15) is 0 Å². The lowest BCUT2D eigenvalue weighted by Crippen LogP contribution is -2.26. The molecule has 1 aromatic heterocycles. The molecule has 0 bridgehead atoms. The minimum atomic E-state index is -3.61. The van der Waals surface area contributed by atoms with Crippen LogP contribution in [0.25, 0.3) is 11.0 Å². The van der Waals surface area contributed by atoms with Crippen LogP contribution in [-0.2, 0) is 10.0 Å². The number of aromatic nitrogens is 2. The van der Waals surface area contributed by atoms with Gasteiger partial charge in [0.25, 0.3) is 0 Å². The SMILES string of the molecule is CCS(=O)(=O)n1c(=O)[nH]c2cc(N)c(C)cc21. The smallest absolute Gasteiger partial charge is 0.340 e. The zero-order valence-electron chi connectivity index (χ0n) is 9.52. The van der Waals surface area contributed by atoms with Crippen molar-refractivity contribution in [1.29, 1.82) is 0 Å². The number of nitrogens with zero attached hydrogens (tertiary/aromatic N) is 1. The van der Waals surface area contributed by atoms with E-state index in [-0.39, 0.29) is 5.75 Å². The van der Waals surface area contributed by atoms with Crippen molar-refractivity contribution >= 4 is 26.7 Å². The van der Waals surface area contributed by atoms with Gasteiger partial charge in [-0.25, -0.2) is 13.2 Å². The molecule has 6 nitrogen and oxygen atoms in total. The monoisotopic (exact) mass is 255 g/mol.